The van der Waals surface area contributed by atoms with Gasteiger partial charge in [0.2, 0.25) is 6.29 Å². The molecule has 1 saturated heterocycles. The second kappa shape index (κ2) is 9.77. The van der Waals surface area contributed by atoms with E-state index in [1.165, 1.54) is 24.3 Å². The number of benzene rings is 3. The van der Waals surface area contributed by atoms with Gasteiger partial charge in [-0.1, -0.05) is 61.2 Å². The fourth-order valence-corrected chi connectivity index (χ4v) is 3.89. The highest BCUT2D eigenvalue weighted by molar-refractivity contribution is 5.58. The van der Waals surface area contributed by atoms with Gasteiger partial charge < -0.3 is 9.47 Å². The molecule has 1 aliphatic heterocycles. The van der Waals surface area contributed by atoms with E-state index in [0.717, 1.165) is 23.3 Å². The summed E-state index contributed by atoms with van der Waals surface area (Å²) in [5.74, 6) is -0.296. The maximum atomic E-state index is 13.6. The maximum absolute atomic E-state index is 13.6. The van der Waals surface area contributed by atoms with Gasteiger partial charge >= 0.3 is 6.18 Å². The second-order valence-electron chi connectivity index (χ2n) is 7.81. The minimum Gasteiger partial charge on any atom is -0.463 e. The summed E-state index contributed by atoms with van der Waals surface area (Å²) in [6, 6.07) is 20.3. The Hall–Kier alpha value is -3.16. The molecule has 0 aromatic heterocycles. The van der Waals surface area contributed by atoms with Crippen molar-refractivity contribution in [3.63, 3.8) is 0 Å². The van der Waals surface area contributed by atoms with Crippen LogP contribution in [0.2, 0.25) is 0 Å². The van der Waals surface area contributed by atoms with E-state index in [0.29, 0.717) is 19.7 Å². The third-order valence-corrected chi connectivity index (χ3v) is 5.52. The number of rotatable bonds is 6. The van der Waals surface area contributed by atoms with Crippen LogP contribution in [0.25, 0.3) is 5.76 Å². The molecule has 3 aromatic carbocycles. The van der Waals surface area contributed by atoms with Crippen LogP contribution in [0.1, 0.15) is 28.3 Å². The average Bonchev–Trinajstić information content (AvgIpc) is 2.80. The number of ether oxygens (including phenoxy) is 2. The standard InChI is InChI=1S/C26H23F4NO2/c1-18(21-8-5-9-22(16-21)26(28,29)30)33-25-24(20-10-12-23(27)13-11-20)31(14-15-32-25)17-19-6-3-2-4-7-19/h2-13,16,24-25H,1,14-15,17H2/t24-,25+/m0/s1. The lowest BCUT2D eigenvalue weighted by molar-refractivity contribution is -0.181. The summed E-state index contributed by atoms with van der Waals surface area (Å²) >= 11 is 0. The van der Waals surface area contributed by atoms with Crippen molar-refractivity contribution >= 4 is 5.76 Å². The molecule has 2 atom stereocenters. The van der Waals surface area contributed by atoms with E-state index in [1.807, 2.05) is 30.3 Å². The van der Waals surface area contributed by atoms with E-state index >= 15 is 0 Å². The van der Waals surface area contributed by atoms with E-state index < -0.39 is 24.1 Å². The molecule has 0 spiro atoms. The molecule has 0 bridgehead atoms. The zero-order valence-electron chi connectivity index (χ0n) is 17.8. The van der Waals surface area contributed by atoms with Gasteiger partial charge in [-0.15, -0.1) is 0 Å². The first-order valence-corrected chi connectivity index (χ1v) is 10.5. The lowest BCUT2D eigenvalue weighted by Gasteiger charge is -2.41. The van der Waals surface area contributed by atoms with E-state index in [4.69, 9.17) is 9.47 Å². The number of alkyl halides is 3. The van der Waals surface area contributed by atoms with Crippen LogP contribution in [0, 0.1) is 5.82 Å². The normalized spacial score (nSPS) is 19.3. The van der Waals surface area contributed by atoms with Crippen molar-refractivity contribution in [1.82, 2.24) is 4.90 Å². The molecule has 3 nitrogen and oxygen atoms in total. The Morgan fingerprint density at radius 3 is 2.42 bits per heavy atom. The van der Waals surface area contributed by atoms with Gasteiger partial charge in [-0.3, -0.25) is 4.90 Å². The van der Waals surface area contributed by atoms with Crippen molar-refractivity contribution in [2.75, 3.05) is 13.2 Å². The Kier molecular flexibility index (Phi) is 6.81. The van der Waals surface area contributed by atoms with Crippen LogP contribution in [0.4, 0.5) is 17.6 Å². The molecule has 1 fully saturated rings. The summed E-state index contributed by atoms with van der Waals surface area (Å²) in [5, 5.41) is 0. The molecule has 0 saturated carbocycles. The van der Waals surface area contributed by atoms with Crippen LogP contribution in [0.15, 0.2) is 85.4 Å². The fraction of sp³-hybridized carbons (Fsp3) is 0.231. The van der Waals surface area contributed by atoms with Gasteiger partial charge in [0.1, 0.15) is 11.6 Å². The number of hydrogen-bond acceptors (Lipinski definition) is 3. The Labute approximate surface area is 189 Å². The molecule has 0 radical (unpaired) electrons. The zero-order chi connectivity index (χ0) is 23.4. The first kappa shape index (κ1) is 23.0. The van der Waals surface area contributed by atoms with E-state index in [2.05, 4.69) is 11.5 Å². The molecule has 4 rings (SSSR count). The summed E-state index contributed by atoms with van der Waals surface area (Å²) in [5.41, 5.74) is 1.29. The molecule has 0 unspecified atom stereocenters. The highest BCUT2D eigenvalue weighted by Crippen LogP contribution is 2.35. The first-order valence-electron chi connectivity index (χ1n) is 10.5. The van der Waals surface area contributed by atoms with Crippen LogP contribution in [0.3, 0.4) is 0 Å². The third kappa shape index (κ3) is 5.61. The zero-order valence-corrected chi connectivity index (χ0v) is 17.8. The van der Waals surface area contributed by atoms with E-state index in [-0.39, 0.29) is 17.1 Å². The number of morpholine rings is 1. The molecule has 0 N–H and O–H groups in total. The van der Waals surface area contributed by atoms with Crippen LogP contribution in [-0.2, 0) is 22.2 Å². The van der Waals surface area contributed by atoms with E-state index in [9.17, 15) is 17.6 Å². The Balaban J connectivity index is 1.61. The lowest BCUT2D eigenvalue weighted by atomic mass is 10.0. The number of halogens is 4. The van der Waals surface area contributed by atoms with Crippen molar-refractivity contribution in [2.24, 2.45) is 0 Å². The first-order chi connectivity index (χ1) is 15.8. The molecule has 33 heavy (non-hydrogen) atoms. The third-order valence-electron chi connectivity index (χ3n) is 5.52. The molecule has 7 heteroatoms. The fourth-order valence-electron chi connectivity index (χ4n) is 3.89. The SMILES string of the molecule is C=C(O[C@H]1OCCN(Cc2ccccc2)[C@H]1c1ccc(F)cc1)c1cccc(C(F)(F)F)c1. The minimum atomic E-state index is -4.47. The molecule has 3 aromatic rings. The van der Waals surface area contributed by atoms with Gasteiger partial charge in [-0.2, -0.15) is 13.2 Å². The molecule has 1 aliphatic rings. The van der Waals surface area contributed by atoms with Crippen LogP contribution in [-0.4, -0.2) is 24.3 Å². The second-order valence-corrected chi connectivity index (χ2v) is 7.81. The number of nitrogens with zero attached hydrogens (tertiary/aromatic N) is 1. The van der Waals surface area contributed by atoms with E-state index in [1.54, 1.807) is 12.1 Å². The monoisotopic (exact) mass is 457 g/mol. The quantitative estimate of drug-likeness (QED) is 0.314. The van der Waals surface area contributed by atoms with Gasteiger partial charge in [-0.25, -0.2) is 4.39 Å². The van der Waals surface area contributed by atoms with Crippen molar-refractivity contribution in [2.45, 2.75) is 25.1 Å². The lowest BCUT2D eigenvalue weighted by Crippen LogP contribution is -2.45. The predicted molar refractivity (Wildman–Crippen MR) is 117 cm³/mol. The van der Waals surface area contributed by atoms with Gasteiger partial charge in [0.15, 0.2) is 0 Å². The summed E-state index contributed by atoms with van der Waals surface area (Å²) in [6.07, 6.45) is -5.31. The van der Waals surface area contributed by atoms with Crippen LogP contribution in [0.5, 0.6) is 0 Å². The Morgan fingerprint density at radius 1 is 1.00 bits per heavy atom. The largest absolute Gasteiger partial charge is 0.463 e. The van der Waals surface area contributed by atoms with Crippen molar-refractivity contribution in [3.05, 3.63) is 114 Å². The van der Waals surface area contributed by atoms with Gasteiger partial charge in [0.05, 0.1) is 18.2 Å². The van der Waals surface area contributed by atoms with Crippen molar-refractivity contribution in [3.8, 4) is 0 Å². The van der Waals surface area contributed by atoms with Gasteiger partial charge in [0, 0.05) is 18.7 Å². The molecule has 0 aliphatic carbocycles. The van der Waals surface area contributed by atoms with Crippen molar-refractivity contribution in [1.29, 1.82) is 0 Å². The smallest absolute Gasteiger partial charge is 0.416 e. The number of hydrogen-bond donors (Lipinski definition) is 0. The molecule has 1 heterocycles. The summed E-state index contributed by atoms with van der Waals surface area (Å²) in [7, 11) is 0. The summed E-state index contributed by atoms with van der Waals surface area (Å²) in [4.78, 5) is 2.15. The Morgan fingerprint density at radius 2 is 1.73 bits per heavy atom. The molecular formula is C26H23F4NO2. The maximum Gasteiger partial charge on any atom is 0.416 e. The van der Waals surface area contributed by atoms with Crippen molar-refractivity contribution < 1.29 is 27.0 Å². The molecular weight excluding hydrogens is 434 g/mol. The average molecular weight is 457 g/mol. The Bertz CT molecular complexity index is 1080. The highest BCUT2D eigenvalue weighted by atomic mass is 19.4. The summed E-state index contributed by atoms with van der Waals surface area (Å²) in [6.45, 7) is 5.41. The van der Waals surface area contributed by atoms with Crippen LogP contribution < -0.4 is 0 Å². The van der Waals surface area contributed by atoms with Gasteiger partial charge in [0.25, 0.3) is 0 Å². The molecule has 172 valence electrons. The van der Waals surface area contributed by atoms with Gasteiger partial charge in [-0.05, 0) is 35.4 Å². The summed E-state index contributed by atoms with van der Waals surface area (Å²) < 4.78 is 64.9. The highest BCUT2D eigenvalue weighted by Gasteiger charge is 2.36. The van der Waals surface area contributed by atoms with Crippen LogP contribution >= 0.6 is 0 Å². The minimum absolute atomic E-state index is 0.0692. The molecule has 0 amide bonds. The topological polar surface area (TPSA) is 21.7 Å². The predicted octanol–water partition coefficient (Wildman–Crippen LogP) is 6.43.